The Morgan fingerprint density at radius 1 is 1.28 bits per heavy atom. The Balaban J connectivity index is 1.84. The number of hydrogen-bond acceptors (Lipinski definition) is 3. The predicted molar refractivity (Wildman–Crippen MR) is 96.9 cm³/mol. The third kappa shape index (κ3) is 3.38. The summed E-state index contributed by atoms with van der Waals surface area (Å²) in [7, 11) is 0. The first-order valence-electron chi connectivity index (χ1n) is 9.06. The normalized spacial score (nSPS) is 17.0. The van der Waals surface area contributed by atoms with Gasteiger partial charge in [0.05, 0.1) is 11.0 Å². The van der Waals surface area contributed by atoms with Gasteiger partial charge in [0.25, 0.3) is 0 Å². The first-order valence-corrected chi connectivity index (χ1v) is 9.06. The number of aryl methyl sites for hydroxylation is 1. The summed E-state index contributed by atoms with van der Waals surface area (Å²) in [5.74, 6) is 0.676. The van der Waals surface area contributed by atoms with E-state index in [0.717, 1.165) is 29.7 Å². The zero-order valence-corrected chi connectivity index (χ0v) is 14.9. The van der Waals surface area contributed by atoms with Crippen LogP contribution in [0.3, 0.4) is 0 Å². The number of fused-ring (bicyclic) bond motifs is 1. The quantitative estimate of drug-likeness (QED) is 0.905. The van der Waals surface area contributed by atoms with E-state index in [1.54, 1.807) is 0 Å². The molecular formula is C19H26N4O2. The fraction of sp³-hybridized carbons (Fsp3) is 0.526. The number of likely N-dealkylation sites (tertiary alicyclic amines) is 1. The van der Waals surface area contributed by atoms with Gasteiger partial charge in [-0.1, -0.05) is 19.1 Å². The Morgan fingerprint density at radius 2 is 1.96 bits per heavy atom. The van der Waals surface area contributed by atoms with E-state index in [1.807, 2.05) is 36.1 Å². The zero-order valence-electron chi connectivity index (χ0n) is 14.9. The molecule has 1 saturated heterocycles. The molecule has 1 aromatic carbocycles. The topological polar surface area (TPSA) is 81.2 Å². The Labute approximate surface area is 148 Å². The molecule has 1 aliphatic rings. The third-order valence-corrected chi connectivity index (χ3v) is 5.10. The number of aromatic nitrogens is 2. The molecule has 1 aliphatic heterocycles. The molecule has 3 rings (SSSR count). The summed E-state index contributed by atoms with van der Waals surface area (Å²) < 4.78 is 2.07. The van der Waals surface area contributed by atoms with Gasteiger partial charge in [0.1, 0.15) is 11.9 Å². The highest BCUT2D eigenvalue weighted by Crippen LogP contribution is 2.25. The monoisotopic (exact) mass is 342 g/mol. The van der Waals surface area contributed by atoms with Crippen molar-refractivity contribution in [2.45, 2.75) is 45.6 Å². The average molecular weight is 342 g/mol. The number of para-hydroxylation sites is 2. The van der Waals surface area contributed by atoms with Crippen molar-refractivity contribution in [3.05, 3.63) is 30.1 Å². The van der Waals surface area contributed by atoms with Crippen LogP contribution in [0.25, 0.3) is 11.0 Å². The summed E-state index contributed by atoms with van der Waals surface area (Å²) in [5, 5.41) is 0. The Bertz CT molecular complexity index is 775. The highest BCUT2D eigenvalue weighted by Gasteiger charge is 2.30. The molecule has 6 heteroatoms. The largest absolute Gasteiger partial charge is 0.369 e. The lowest BCUT2D eigenvalue weighted by molar-refractivity contribution is -0.137. The summed E-state index contributed by atoms with van der Waals surface area (Å²) in [5.41, 5.74) is 7.31. The van der Waals surface area contributed by atoms with Crippen molar-refractivity contribution in [1.82, 2.24) is 14.5 Å². The van der Waals surface area contributed by atoms with Crippen LogP contribution in [0.1, 0.15) is 45.0 Å². The number of benzene rings is 1. The molecule has 0 aliphatic carbocycles. The first kappa shape index (κ1) is 17.5. The number of primary amides is 1. The van der Waals surface area contributed by atoms with Crippen LogP contribution in [0.15, 0.2) is 24.3 Å². The lowest BCUT2D eigenvalue weighted by atomic mass is 9.96. The van der Waals surface area contributed by atoms with Crippen molar-refractivity contribution in [2.24, 2.45) is 11.7 Å². The minimum atomic E-state index is -0.306. The van der Waals surface area contributed by atoms with Gasteiger partial charge in [0, 0.05) is 25.4 Å². The van der Waals surface area contributed by atoms with Crippen LogP contribution in [0.5, 0.6) is 0 Å². The number of nitrogens with two attached hydrogens (primary N) is 1. The molecule has 0 bridgehead atoms. The van der Waals surface area contributed by atoms with E-state index in [-0.39, 0.29) is 23.8 Å². The van der Waals surface area contributed by atoms with Crippen molar-refractivity contribution in [3.63, 3.8) is 0 Å². The van der Waals surface area contributed by atoms with Crippen LogP contribution >= 0.6 is 0 Å². The van der Waals surface area contributed by atoms with Gasteiger partial charge in [0.15, 0.2) is 0 Å². The van der Waals surface area contributed by atoms with Gasteiger partial charge in [-0.25, -0.2) is 4.98 Å². The molecular weight excluding hydrogens is 316 g/mol. The van der Waals surface area contributed by atoms with E-state index in [2.05, 4.69) is 11.5 Å². The maximum Gasteiger partial charge on any atom is 0.245 e. The van der Waals surface area contributed by atoms with Crippen LogP contribution in [-0.2, 0) is 16.0 Å². The molecule has 1 aromatic heterocycles. The van der Waals surface area contributed by atoms with Crippen molar-refractivity contribution < 1.29 is 9.59 Å². The highest BCUT2D eigenvalue weighted by atomic mass is 16.2. The first-order chi connectivity index (χ1) is 12.0. The van der Waals surface area contributed by atoms with Gasteiger partial charge in [-0.15, -0.1) is 0 Å². The van der Waals surface area contributed by atoms with E-state index in [0.29, 0.717) is 25.9 Å². The molecule has 0 radical (unpaired) electrons. The van der Waals surface area contributed by atoms with Crippen LogP contribution in [0.4, 0.5) is 0 Å². The van der Waals surface area contributed by atoms with Crippen LogP contribution in [0.2, 0.25) is 0 Å². The van der Waals surface area contributed by atoms with E-state index in [9.17, 15) is 9.59 Å². The van der Waals surface area contributed by atoms with Crippen LogP contribution in [0, 0.1) is 5.92 Å². The summed E-state index contributed by atoms with van der Waals surface area (Å²) >= 11 is 0. The average Bonchev–Trinajstić information content (AvgIpc) is 2.99. The van der Waals surface area contributed by atoms with Gasteiger partial charge in [-0.3, -0.25) is 9.59 Å². The van der Waals surface area contributed by atoms with Gasteiger partial charge >= 0.3 is 0 Å². The second-order valence-corrected chi connectivity index (χ2v) is 6.81. The number of carbonyl (C=O) groups excluding carboxylic acids is 2. The molecule has 0 spiro atoms. The number of amides is 2. The molecule has 134 valence electrons. The van der Waals surface area contributed by atoms with Crippen molar-refractivity contribution in [2.75, 3.05) is 13.1 Å². The van der Waals surface area contributed by atoms with Gasteiger partial charge < -0.3 is 15.2 Å². The maximum absolute atomic E-state index is 13.0. The fourth-order valence-corrected chi connectivity index (χ4v) is 3.69. The van der Waals surface area contributed by atoms with Gasteiger partial charge in [-0.05, 0) is 38.3 Å². The van der Waals surface area contributed by atoms with Crippen molar-refractivity contribution in [3.8, 4) is 0 Å². The molecule has 1 fully saturated rings. The summed E-state index contributed by atoms with van der Waals surface area (Å²) in [4.78, 5) is 30.9. The predicted octanol–water partition coefficient (Wildman–Crippen LogP) is 2.27. The lowest BCUT2D eigenvalue weighted by Gasteiger charge is -2.33. The zero-order chi connectivity index (χ0) is 18.0. The minimum absolute atomic E-state index is 0.0865. The minimum Gasteiger partial charge on any atom is -0.369 e. The summed E-state index contributed by atoms with van der Waals surface area (Å²) in [6.07, 6.45) is 3.13. The molecule has 2 heterocycles. The number of hydrogen-bond donors (Lipinski definition) is 1. The number of carbonyl (C=O) groups is 2. The highest BCUT2D eigenvalue weighted by molar-refractivity contribution is 5.84. The molecule has 1 atom stereocenters. The SMILES string of the molecule is CCCc1nc2ccccc2n1[C@@H](C)C(=O)N1CCC(C(N)=O)CC1. The second kappa shape index (κ2) is 7.25. The fourth-order valence-electron chi connectivity index (χ4n) is 3.69. The molecule has 2 amide bonds. The third-order valence-electron chi connectivity index (χ3n) is 5.10. The van der Waals surface area contributed by atoms with E-state index in [4.69, 9.17) is 10.7 Å². The van der Waals surface area contributed by atoms with Crippen LogP contribution < -0.4 is 5.73 Å². The standard InChI is InChI=1S/C19H26N4O2/c1-3-6-17-21-15-7-4-5-8-16(15)23(17)13(2)19(25)22-11-9-14(10-12-22)18(20)24/h4-5,7-8,13-14H,3,6,9-12H2,1-2H3,(H2,20,24)/t13-/m0/s1. The number of rotatable bonds is 5. The van der Waals surface area contributed by atoms with Crippen molar-refractivity contribution >= 4 is 22.8 Å². The molecule has 6 nitrogen and oxygen atoms in total. The Kier molecular flexibility index (Phi) is 5.06. The molecule has 25 heavy (non-hydrogen) atoms. The van der Waals surface area contributed by atoms with Crippen LogP contribution in [-0.4, -0.2) is 39.4 Å². The van der Waals surface area contributed by atoms with Gasteiger partial charge in [0.2, 0.25) is 11.8 Å². The number of imidazole rings is 1. The second-order valence-electron chi connectivity index (χ2n) is 6.81. The smallest absolute Gasteiger partial charge is 0.245 e. The van der Waals surface area contributed by atoms with E-state index >= 15 is 0 Å². The molecule has 0 unspecified atom stereocenters. The molecule has 2 N–H and O–H groups in total. The summed E-state index contributed by atoms with van der Waals surface area (Å²) in [6, 6.07) is 7.65. The lowest BCUT2D eigenvalue weighted by Crippen LogP contribution is -2.44. The van der Waals surface area contributed by atoms with E-state index in [1.165, 1.54) is 0 Å². The number of piperidine rings is 1. The maximum atomic E-state index is 13.0. The molecule has 0 saturated carbocycles. The van der Waals surface area contributed by atoms with E-state index < -0.39 is 0 Å². The summed E-state index contributed by atoms with van der Waals surface area (Å²) in [6.45, 7) is 5.24. The van der Waals surface area contributed by atoms with Gasteiger partial charge in [-0.2, -0.15) is 0 Å². The Hall–Kier alpha value is -2.37. The molecule has 2 aromatic rings. The van der Waals surface area contributed by atoms with Crippen molar-refractivity contribution in [1.29, 1.82) is 0 Å². The Morgan fingerprint density at radius 3 is 2.60 bits per heavy atom. The number of nitrogens with zero attached hydrogens (tertiary/aromatic N) is 3.